The summed E-state index contributed by atoms with van der Waals surface area (Å²) in [5, 5.41) is 0. The molecule has 0 radical (unpaired) electrons. The molecule has 2 aliphatic rings. The summed E-state index contributed by atoms with van der Waals surface area (Å²) in [6.45, 7) is 3.56. The number of ether oxygens (including phenoxy) is 1. The van der Waals surface area contributed by atoms with E-state index in [0.717, 1.165) is 25.6 Å². The molecule has 2 fully saturated rings. The summed E-state index contributed by atoms with van der Waals surface area (Å²) in [6.07, 6.45) is 3.07. The molecule has 1 aromatic carbocycles. The van der Waals surface area contributed by atoms with E-state index in [4.69, 9.17) is 10.5 Å². The Balaban J connectivity index is 0.00000192. The highest BCUT2D eigenvalue weighted by Crippen LogP contribution is 2.32. The summed E-state index contributed by atoms with van der Waals surface area (Å²) in [7, 11) is 0. The second-order valence-electron chi connectivity index (χ2n) is 6.58. The zero-order valence-corrected chi connectivity index (χ0v) is 14.3. The second-order valence-corrected chi connectivity index (χ2v) is 6.58. The fraction of sp³-hybridized carbons (Fsp3) is 0.611. The van der Waals surface area contributed by atoms with Crippen LogP contribution in [0.25, 0.3) is 0 Å². The predicted molar refractivity (Wildman–Crippen MR) is 93.7 cm³/mol. The third-order valence-electron chi connectivity index (χ3n) is 4.83. The molecule has 1 saturated carbocycles. The van der Waals surface area contributed by atoms with Gasteiger partial charge in [-0.15, -0.1) is 12.4 Å². The van der Waals surface area contributed by atoms with Gasteiger partial charge in [0, 0.05) is 25.6 Å². The Morgan fingerprint density at radius 1 is 1.22 bits per heavy atom. The first-order chi connectivity index (χ1) is 10.8. The maximum absolute atomic E-state index is 12.3. The van der Waals surface area contributed by atoms with Gasteiger partial charge in [0.15, 0.2) is 0 Å². The quantitative estimate of drug-likeness (QED) is 0.777. The van der Waals surface area contributed by atoms with Crippen molar-refractivity contribution in [2.45, 2.75) is 25.2 Å². The van der Waals surface area contributed by atoms with Crippen LogP contribution in [0.2, 0.25) is 0 Å². The van der Waals surface area contributed by atoms with Gasteiger partial charge in [-0.05, 0) is 36.8 Å². The number of nitrogens with two attached hydrogens (primary N) is 1. The van der Waals surface area contributed by atoms with Crippen molar-refractivity contribution in [3.05, 3.63) is 35.9 Å². The van der Waals surface area contributed by atoms with Crippen molar-refractivity contribution in [2.24, 2.45) is 17.6 Å². The molecule has 23 heavy (non-hydrogen) atoms. The van der Waals surface area contributed by atoms with Crippen molar-refractivity contribution in [3.8, 4) is 0 Å². The number of carbonyl (C=O) groups is 1. The maximum atomic E-state index is 12.3. The van der Waals surface area contributed by atoms with E-state index in [1.165, 1.54) is 18.4 Å². The Morgan fingerprint density at radius 2 is 1.96 bits per heavy atom. The Morgan fingerprint density at radius 3 is 2.61 bits per heavy atom. The van der Waals surface area contributed by atoms with Gasteiger partial charge in [-0.1, -0.05) is 30.3 Å². The molecule has 0 spiro atoms. The van der Waals surface area contributed by atoms with E-state index in [-0.39, 0.29) is 18.3 Å². The molecule has 3 rings (SSSR count). The summed E-state index contributed by atoms with van der Waals surface area (Å²) in [4.78, 5) is 14.3. The Bertz CT molecular complexity index is 493. The zero-order valence-electron chi connectivity index (χ0n) is 13.5. The molecular weight excluding hydrogens is 312 g/mol. The maximum Gasteiger partial charge on any atom is 0.224 e. The van der Waals surface area contributed by atoms with Crippen LogP contribution in [0.1, 0.15) is 30.7 Å². The van der Waals surface area contributed by atoms with E-state index in [1.54, 1.807) is 0 Å². The van der Waals surface area contributed by atoms with Crippen molar-refractivity contribution in [1.29, 1.82) is 0 Å². The van der Waals surface area contributed by atoms with Gasteiger partial charge >= 0.3 is 0 Å². The molecule has 1 aromatic rings. The highest BCUT2D eigenvalue weighted by molar-refractivity contribution is 5.85. The molecule has 2 N–H and O–H groups in total. The number of nitrogens with zero attached hydrogens (tertiary/aromatic N) is 1. The van der Waals surface area contributed by atoms with Gasteiger partial charge in [0.2, 0.25) is 5.91 Å². The highest BCUT2D eigenvalue weighted by Gasteiger charge is 2.34. The van der Waals surface area contributed by atoms with Crippen LogP contribution in [0.5, 0.6) is 0 Å². The summed E-state index contributed by atoms with van der Waals surface area (Å²) in [6, 6.07) is 10.4. The fourth-order valence-corrected chi connectivity index (χ4v) is 3.24. The topological polar surface area (TPSA) is 55.6 Å². The minimum absolute atomic E-state index is 0. The van der Waals surface area contributed by atoms with E-state index in [1.807, 2.05) is 11.0 Å². The van der Waals surface area contributed by atoms with Gasteiger partial charge in [-0.3, -0.25) is 4.79 Å². The third-order valence-corrected chi connectivity index (χ3v) is 4.83. The lowest BCUT2D eigenvalue weighted by Crippen LogP contribution is -2.30. The van der Waals surface area contributed by atoms with E-state index < -0.39 is 0 Å². The Labute approximate surface area is 144 Å². The van der Waals surface area contributed by atoms with Crippen LogP contribution in [0.3, 0.4) is 0 Å². The number of hydrogen-bond donors (Lipinski definition) is 1. The predicted octanol–water partition coefficient (Wildman–Crippen LogP) is 2.43. The van der Waals surface area contributed by atoms with E-state index in [9.17, 15) is 4.79 Å². The number of carbonyl (C=O) groups excluding carboxylic acids is 1. The molecule has 5 heteroatoms. The lowest BCUT2D eigenvalue weighted by molar-refractivity contribution is -0.131. The summed E-state index contributed by atoms with van der Waals surface area (Å²) < 4.78 is 5.58. The molecule has 0 aromatic heterocycles. The van der Waals surface area contributed by atoms with Crippen molar-refractivity contribution in [2.75, 3.05) is 32.8 Å². The lowest BCUT2D eigenvalue weighted by atomic mass is 9.89. The third kappa shape index (κ3) is 4.93. The minimum atomic E-state index is 0. The first-order valence-corrected chi connectivity index (χ1v) is 8.38. The Hall–Kier alpha value is -1.10. The van der Waals surface area contributed by atoms with Gasteiger partial charge in [-0.25, -0.2) is 0 Å². The molecular formula is C18H27ClN2O2. The van der Waals surface area contributed by atoms with Gasteiger partial charge in [0.05, 0.1) is 13.0 Å². The molecule has 4 nitrogen and oxygen atoms in total. The monoisotopic (exact) mass is 338 g/mol. The normalized spacial score (nSPS) is 23.6. The van der Waals surface area contributed by atoms with Crippen molar-refractivity contribution in [3.63, 3.8) is 0 Å². The number of rotatable bonds is 7. The van der Waals surface area contributed by atoms with Gasteiger partial charge in [0.1, 0.15) is 0 Å². The smallest absolute Gasteiger partial charge is 0.224 e. The number of hydrogen-bond acceptors (Lipinski definition) is 3. The lowest BCUT2D eigenvalue weighted by Gasteiger charge is -2.17. The van der Waals surface area contributed by atoms with E-state index in [2.05, 4.69) is 24.3 Å². The molecule has 1 heterocycles. The standard InChI is InChI=1S/C18H26N2O2.ClH/c19-10-16-11-20(12-17(16)15-4-2-1-3-5-15)18(21)8-9-22-13-14-6-7-14;/h1-5,14,16-17H,6-13,19H2;1H/t16-,17+;/m1./s1. The molecule has 1 saturated heterocycles. The number of likely N-dealkylation sites (tertiary alicyclic amines) is 1. The first kappa shape index (κ1) is 18.2. The van der Waals surface area contributed by atoms with Crippen LogP contribution < -0.4 is 5.73 Å². The summed E-state index contributed by atoms with van der Waals surface area (Å²) in [5.74, 6) is 1.68. The number of halogens is 1. The average molecular weight is 339 g/mol. The van der Waals surface area contributed by atoms with E-state index in [0.29, 0.717) is 31.4 Å². The minimum Gasteiger partial charge on any atom is -0.381 e. The molecule has 1 aliphatic carbocycles. The SMILES string of the molecule is Cl.NC[C@@H]1CN(C(=O)CCOCC2CC2)C[C@H]1c1ccccc1. The van der Waals surface area contributed by atoms with Gasteiger partial charge < -0.3 is 15.4 Å². The first-order valence-electron chi connectivity index (χ1n) is 8.38. The summed E-state index contributed by atoms with van der Waals surface area (Å²) in [5.41, 5.74) is 7.21. The second kappa shape index (κ2) is 8.67. The van der Waals surface area contributed by atoms with Crippen LogP contribution in [0, 0.1) is 11.8 Å². The number of benzene rings is 1. The largest absolute Gasteiger partial charge is 0.381 e. The van der Waals surface area contributed by atoms with Crippen LogP contribution in [0.15, 0.2) is 30.3 Å². The molecule has 128 valence electrons. The van der Waals surface area contributed by atoms with Crippen molar-refractivity contribution >= 4 is 18.3 Å². The zero-order chi connectivity index (χ0) is 15.4. The van der Waals surface area contributed by atoms with Gasteiger partial charge in [0.25, 0.3) is 0 Å². The van der Waals surface area contributed by atoms with Crippen LogP contribution in [-0.4, -0.2) is 43.7 Å². The van der Waals surface area contributed by atoms with Crippen molar-refractivity contribution < 1.29 is 9.53 Å². The molecule has 0 bridgehead atoms. The Kier molecular flexibility index (Phi) is 6.88. The highest BCUT2D eigenvalue weighted by atomic mass is 35.5. The average Bonchev–Trinajstić information content (AvgIpc) is 3.28. The van der Waals surface area contributed by atoms with Crippen molar-refractivity contribution in [1.82, 2.24) is 4.90 Å². The summed E-state index contributed by atoms with van der Waals surface area (Å²) >= 11 is 0. The molecule has 0 unspecified atom stereocenters. The number of amides is 1. The molecule has 2 atom stereocenters. The molecule has 1 amide bonds. The fourth-order valence-electron chi connectivity index (χ4n) is 3.24. The van der Waals surface area contributed by atoms with Crippen LogP contribution in [0.4, 0.5) is 0 Å². The van der Waals surface area contributed by atoms with E-state index >= 15 is 0 Å². The molecule has 1 aliphatic heterocycles. The van der Waals surface area contributed by atoms with Crippen LogP contribution >= 0.6 is 12.4 Å². The van der Waals surface area contributed by atoms with Gasteiger partial charge in [-0.2, -0.15) is 0 Å². The van der Waals surface area contributed by atoms with Crippen LogP contribution in [-0.2, 0) is 9.53 Å².